The summed E-state index contributed by atoms with van der Waals surface area (Å²) in [7, 11) is 0. The molecule has 0 heterocycles. The molecule has 6 nitrogen and oxygen atoms in total. The Labute approximate surface area is 161 Å². The summed E-state index contributed by atoms with van der Waals surface area (Å²) in [6, 6.07) is 12.5. The van der Waals surface area contributed by atoms with E-state index in [2.05, 4.69) is 5.32 Å². The number of carbonyl (C=O) groups is 2. The molecule has 2 N–H and O–H groups in total. The molecule has 0 aliphatic heterocycles. The lowest BCUT2D eigenvalue weighted by Gasteiger charge is -2.11. The van der Waals surface area contributed by atoms with Crippen molar-refractivity contribution < 1.29 is 19.4 Å². The van der Waals surface area contributed by atoms with Crippen LogP contribution in [0.5, 0.6) is 5.75 Å². The number of carboxylic acid groups (broad SMARTS) is 1. The molecule has 0 saturated heterocycles. The van der Waals surface area contributed by atoms with Crippen molar-refractivity contribution >= 4 is 35.2 Å². The fraction of sp³-hybridized carbons (Fsp3) is 0.150. The lowest BCUT2D eigenvalue weighted by molar-refractivity contribution is -0.112. The van der Waals surface area contributed by atoms with Gasteiger partial charge in [0, 0.05) is 5.69 Å². The molecule has 0 radical (unpaired) electrons. The summed E-state index contributed by atoms with van der Waals surface area (Å²) in [6.45, 7) is 3.75. The minimum Gasteiger partial charge on any atom is -0.489 e. The maximum Gasteiger partial charge on any atom is 0.335 e. The molecule has 0 fully saturated rings. The Morgan fingerprint density at radius 1 is 1.26 bits per heavy atom. The molecule has 2 aromatic carbocycles. The molecule has 7 heteroatoms. The third-order valence-electron chi connectivity index (χ3n) is 3.36. The maximum absolute atomic E-state index is 12.3. The summed E-state index contributed by atoms with van der Waals surface area (Å²) in [4.78, 5) is 23.3. The van der Waals surface area contributed by atoms with Crippen molar-refractivity contribution in [2.45, 2.75) is 20.0 Å². The molecular weight excluding hydrogens is 368 g/mol. The van der Waals surface area contributed by atoms with E-state index in [0.717, 1.165) is 0 Å². The molecule has 0 aliphatic rings. The summed E-state index contributed by atoms with van der Waals surface area (Å²) in [5.41, 5.74) is 0.717. The zero-order chi connectivity index (χ0) is 20.0. The fourth-order valence-corrected chi connectivity index (χ4v) is 2.43. The number of nitriles is 1. The number of hydrogen-bond donors (Lipinski definition) is 2. The van der Waals surface area contributed by atoms with Crippen LogP contribution in [0, 0.1) is 11.3 Å². The first-order chi connectivity index (χ1) is 12.8. The Morgan fingerprint density at radius 2 is 2.00 bits per heavy atom. The molecule has 27 heavy (non-hydrogen) atoms. The molecule has 0 aliphatic carbocycles. The predicted molar refractivity (Wildman–Crippen MR) is 103 cm³/mol. The molecule has 0 bridgehead atoms. The van der Waals surface area contributed by atoms with Gasteiger partial charge in [-0.15, -0.1) is 0 Å². The van der Waals surface area contributed by atoms with Gasteiger partial charge in [0.2, 0.25) is 0 Å². The number of anilines is 1. The van der Waals surface area contributed by atoms with Gasteiger partial charge in [0.25, 0.3) is 5.91 Å². The Kier molecular flexibility index (Phi) is 6.58. The van der Waals surface area contributed by atoms with Gasteiger partial charge in [-0.2, -0.15) is 5.26 Å². The number of halogens is 1. The van der Waals surface area contributed by atoms with E-state index in [1.165, 1.54) is 30.3 Å². The topological polar surface area (TPSA) is 99.4 Å². The molecule has 0 saturated carbocycles. The van der Waals surface area contributed by atoms with Crippen LogP contribution >= 0.6 is 11.6 Å². The van der Waals surface area contributed by atoms with Crippen molar-refractivity contribution in [2.75, 3.05) is 5.32 Å². The second-order valence-corrected chi connectivity index (χ2v) is 6.27. The summed E-state index contributed by atoms with van der Waals surface area (Å²) in [5, 5.41) is 21.2. The fourth-order valence-electron chi connectivity index (χ4n) is 2.20. The lowest BCUT2D eigenvalue weighted by atomic mass is 10.1. The highest BCUT2D eigenvalue weighted by Gasteiger charge is 2.12. The van der Waals surface area contributed by atoms with Crippen molar-refractivity contribution in [1.29, 1.82) is 5.26 Å². The van der Waals surface area contributed by atoms with Crippen molar-refractivity contribution in [3.63, 3.8) is 0 Å². The van der Waals surface area contributed by atoms with Crippen molar-refractivity contribution in [2.24, 2.45) is 0 Å². The number of hydrogen-bond acceptors (Lipinski definition) is 4. The average Bonchev–Trinajstić information content (AvgIpc) is 2.61. The summed E-state index contributed by atoms with van der Waals surface area (Å²) in [6.07, 6.45) is 1.35. The van der Waals surface area contributed by atoms with Crippen molar-refractivity contribution in [1.82, 2.24) is 0 Å². The summed E-state index contributed by atoms with van der Waals surface area (Å²) < 4.78 is 5.54. The highest BCUT2D eigenvalue weighted by molar-refractivity contribution is 6.32. The normalized spacial score (nSPS) is 11.0. The molecule has 1 amide bonds. The highest BCUT2D eigenvalue weighted by atomic mass is 35.5. The predicted octanol–water partition coefficient (Wildman–Crippen LogP) is 4.37. The molecule has 0 unspecified atom stereocenters. The number of carboxylic acids is 1. The van der Waals surface area contributed by atoms with E-state index in [4.69, 9.17) is 21.4 Å². The van der Waals surface area contributed by atoms with Crippen LogP contribution < -0.4 is 10.1 Å². The Bertz CT molecular complexity index is 945. The molecular formula is C20H17ClN2O4. The first-order valence-electron chi connectivity index (χ1n) is 8.03. The Balaban J connectivity index is 2.21. The number of amides is 1. The first kappa shape index (κ1) is 20.0. The van der Waals surface area contributed by atoms with Crippen LogP contribution in [0.15, 0.2) is 48.0 Å². The average molecular weight is 385 g/mol. The van der Waals surface area contributed by atoms with Crippen LogP contribution in [0.2, 0.25) is 5.02 Å². The number of carbonyl (C=O) groups excluding carboxylic acids is 1. The minimum absolute atomic E-state index is 0.0304. The molecule has 2 aromatic rings. The van der Waals surface area contributed by atoms with Gasteiger partial charge in [0.15, 0.2) is 0 Å². The van der Waals surface area contributed by atoms with Gasteiger partial charge in [-0.3, -0.25) is 4.79 Å². The van der Waals surface area contributed by atoms with Crippen LogP contribution in [-0.2, 0) is 4.79 Å². The van der Waals surface area contributed by atoms with Gasteiger partial charge in [0.1, 0.15) is 17.4 Å². The van der Waals surface area contributed by atoms with E-state index in [0.29, 0.717) is 16.3 Å². The second kappa shape index (κ2) is 8.88. The van der Waals surface area contributed by atoms with Gasteiger partial charge in [-0.05, 0) is 55.8 Å². The zero-order valence-corrected chi connectivity index (χ0v) is 15.4. The summed E-state index contributed by atoms with van der Waals surface area (Å²) >= 11 is 6.16. The Morgan fingerprint density at radius 3 is 2.59 bits per heavy atom. The van der Waals surface area contributed by atoms with E-state index in [-0.39, 0.29) is 22.9 Å². The van der Waals surface area contributed by atoms with E-state index in [1.54, 1.807) is 18.2 Å². The van der Waals surface area contributed by atoms with Crippen LogP contribution in [0.1, 0.15) is 29.8 Å². The van der Waals surface area contributed by atoms with Gasteiger partial charge in [-0.25, -0.2) is 4.79 Å². The van der Waals surface area contributed by atoms with Crippen molar-refractivity contribution in [3.05, 3.63) is 64.2 Å². The van der Waals surface area contributed by atoms with Crippen molar-refractivity contribution in [3.8, 4) is 11.8 Å². The standard InChI is InChI=1S/C20H17ClN2O4/c1-12(2)27-18-7-6-13(9-17(18)21)8-15(11-22)19(24)23-16-5-3-4-14(10-16)20(25)26/h3-10,12H,1-2H3,(H,23,24)(H,25,26)/b15-8-. The van der Waals surface area contributed by atoms with Crippen LogP contribution in [-0.4, -0.2) is 23.1 Å². The highest BCUT2D eigenvalue weighted by Crippen LogP contribution is 2.27. The largest absolute Gasteiger partial charge is 0.489 e. The monoisotopic (exact) mass is 384 g/mol. The van der Waals surface area contributed by atoms with E-state index in [9.17, 15) is 14.9 Å². The van der Waals surface area contributed by atoms with E-state index in [1.807, 2.05) is 19.9 Å². The zero-order valence-electron chi connectivity index (χ0n) is 14.7. The number of nitrogens with one attached hydrogen (secondary N) is 1. The lowest BCUT2D eigenvalue weighted by Crippen LogP contribution is -2.14. The number of ether oxygens (including phenoxy) is 1. The maximum atomic E-state index is 12.3. The van der Waals surface area contributed by atoms with Crippen LogP contribution in [0.25, 0.3) is 6.08 Å². The SMILES string of the molecule is CC(C)Oc1ccc(/C=C(/C#N)C(=O)Nc2cccc(C(=O)O)c2)cc1Cl. The number of nitrogens with zero attached hydrogens (tertiary/aromatic N) is 1. The molecule has 0 aromatic heterocycles. The van der Waals surface area contributed by atoms with E-state index < -0.39 is 11.9 Å². The van der Waals surface area contributed by atoms with Crippen LogP contribution in [0.3, 0.4) is 0 Å². The molecule has 0 spiro atoms. The van der Waals surface area contributed by atoms with Gasteiger partial charge in [-0.1, -0.05) is 23.7 Å². The minimum atomic E-state index is -1.11. The van der Waals surface area contributed by atoms with Gasteiger partial charge >= 0.3 is 5.97 Å². The summed E-state index contributed by atoms with van der Waals surface area (Å²) in [5.74, 6) is -1.25. The Hall–Kier alpha value is -3.30. The molecule has 2 rings (SSSR count). The first-order valence-corrected chi connectivity index (χ1v) is 8.40. The number of aromatic carboxylic acids is 1. The molecule has 138 valence electrons. The smallest absolute Gasteiger partial charge is 0.335 e. The third kappa shape index (κ3) is 5.59. The van der Waals surface area contributed by atoms with Gasteiger partial charge in [0.05, 0.1) is 16.7 Å². The quantitative estimate of drug-likeness (QED) is 0.569. The second-order valence-electron chi connectivity index (χ2n) is 5.87. The third-order valence-corrected chi connectivity index (χ3v) is 3.66. The number of benzene rings is 2. The van der Waals surface area contributed by atoms with Crippen LogP contribution in [0.4, 0.5) is 5.69 Å². The molecule has 0 atom stereocenters. The van der Waals surface area contributed by atoms with E-state index >= 15 is 0 Å². The number of rotatable bonds is 6. The van der Waals surface area contributed by atoms with Gasteiger partial charge < -0.3 is 15.2 Å².